The molecule has 2 heteroatoms. The second-order valence-electron chi connectivity index (χ2n) is 3.59. The first kappa shape index (κ1) is 10.3. The summed E-state index contributed by atoms with van der Waals surface area (Å²) in [6.45, 7) is 1.07. The van der Waals surface area contributed by atoms with Crippen molar-refractivity contribution < 1.29 is 4.79 Å². The van der Waals surface area contributed by atoms with Gasteiger partial charge in [0, 0.05) is 25.3 Å². The van der Waals surface area contributed by atoms with Crippen molar-refractivity contribution in [1.29, 1.82) is 0 Å². The Morgan fingerprint density at radius 2 is 2.46 bits per heavy atom. The summed E-state index contributed by atoms with van der Waals surface area (Å²) < 4.78 is 0. The molecule has 1 atom stereocenters. The summed E-state index contributed by atoms with van der Waals surface area (Å²) in [7, 11) is 0. The zero-order valence-electron chi connectivity index (χ0n) is 8.01. The number of ketones is 1. The highest BCUT2D eigenvalue weighted by atomic mass is 16.1. The molecule has 0 aromatic heterocycles. The molecule has 0 amide bonds. The number of nitrogens with one attached hydrogen (secondary N) is 1. The van der Waals surface area contributed by atoms with Crippen LogP contribution in [-0.2, 0) is 4.79 Å². The molecule has 0 aliphatic carbocycles. The van der Waals surface area contributed by atoms with E-state index in [9.17, 15) is 4.79 Å². The number of terminal acetylenes is 1. The highest BCUT2D eigenvalue weighted by Crippen LogP contribution is 2.10. The van der Waals surface area contributed by atoms with Gasteiger partial charge in [-0.3, -0.25) is 4.79 Å². The summed E-state index contributed by atoms with van der Waals surface area (Å²) in [6, 6.07) is 0.443. The molecule has 1 fully saturated rings. The molecule has 1 saturated heterocycles. The molecule has 1 heterocycles. The average Bonchev–Trinajstić information content (AvgIpc) is 2.57. The van der Waals surface area contributed by atoms with E-state index in [1.807, 2.05) is 0 Å². The molecule has 0 saturated carbocycles. The minimum absolute atomic E-state index is 0.356. The summed E-state index contributed by atoms with van der Waals surface area (Å²) >= 11 is 0. The molecule has 0 aromatic rings. The Balaban J connectivity index is 2.07. The van der Waals surface area contributed by atoms with Crippen LogP contribution in [0.1, 0.15) is 38.5 Å². The summed E-state index contributed by atoms with van der Waals surface area (Å²) in [4.78, 5) is 11.4. The number of hydrogen-bond donors (Lipinski definition) is 1. The van der Waals surface area contributed by atoms with Gasteiger partial charge in [0.25, 0.3) is 0 Å². The van der Waals surface area contributed by atoms with Crippen LogP contribution < -0.4 is 5.32 Å². The highest BCUT2D eigenvalue weighted by molar-refractivity contribution is 5.79. The normalized spacial score (nSPS) is 21.3. The maximum absolute atomic E-state index is 11.4. The van der Waals surface area contributed by atoms with Crippen molar-refractivity contribution in [2.45, 2.75) is 44.6 Å². The zero-order valence-corrected chi connectivity index (χ0v) is 8.01. The van der Waals surface area contributed by atoms with Gasteiger partial charge < -0.3 is 5.32 Å². The van der Waals surface area contributed by atoms with Crippen LogP contribution in [0.5, 0.6) is 0 Å². The van der Waals surface area contributed by atoms with Gasteiger partial charge in [-0.25, -0.2) is 0 Å². The molecule has 2 nitrogen and oxygen atoms in total. The second kappa shape index (κ2) is 5.77. The van der Waals surface area contributed by atoms with E-state index in [-0.39, 0.29) is 0 Å². The number of hydrogen-bond acceptors (Lipinski definition) is 2. The Labute approximate surface area is 80.1 Å². The van der Waals surface area contributed by atoms with Crippen LogP contribution in [0.2, 0.25) is 0 Å². The summed E-state index contributed by atoms with van der Waals surface area (Å²) in [5, 5.41) is 3.32. The molecule has 1 N–H and O–H groups in total. The molecular weight excluding hydrogens is 162 g/mol. The third kappa shape index (κ3) is 4.10. The average molecular weight is 179 g/mol. The van der Waals surface area contributed by atoms with Gasteiger partial charge >= 0.3 is 0 Å². The van der Waals surface area contributed by atoms with Gasteiger partial charge in [0.1, 0.15) is 5.78 Å². The zero-order chi connectivity index (χ0) is 9.52. The van der Waals surface area contributed by atoms with Gasteiger partial charge in [-0.2, -0.15) is 0 Å². The topological polar surface area (TPSA) is 29.1 Å². The van der Waals surface area contributed by atoms with Gasteiger partial charge in [0.05, 0.1) is 0 Å². The molecule has 72 valence electrons. The Bertz CT molecular complexity index is 199. The first-order valence-electron chi connectivity index (χ1n) is 5.01. The lowest BCUT2D eigenvalue weighted by molar-refractivity contribution is -0.119. The SMILES string of the molecule is C#CCCCC(=O)CC1CCCN1. The number of Topliss-reactive ketones (excluding diaryl/α,β-unsaturated/α-hetero) is 1. The summed E-state index contributed by atoms with van der Waals surface area (Å²) in [5.41, 5.74) is 0. The van der Waals surface area contributed by atoms with Gasteiger partial charge in [0.15, 0.2) is 0 Å². The Morgan fingerprint density at radius 1 is 1.62 bits per heavy atom. The molecular formula is C11H17NO. The van der Waals surface area contributed by atoms with Crippen LogP contribution in [-0.4, -0.2) is 18.4 Å². The van der Waals surface area contributed by atoms with Crippen LogP contribution in [0.15, 0.2) is 0 Å². The third-order valence-corrected chi connectivity index (χ3v) is 2.41. The van der Waals surface area contributed by atoms with Gasteiger partial charge in [-0.1, -0.05) is 0 Å². The lowest BCUT2D eigenvalue weighted by atomic mass is 10.0. The van der Waals surface area contributed by atoms with Crippen molar-refractivity contribution in [3.05, 3.63) is 0 Å². The monoisotopic (exact) mass is 179 g/mol. The van der Waals surface area contributed by atoms with Crippen molar-refractivity contribution in [3.63, 3.8) is 0 Å². The molecule has 1 aliphatic heterocycles. The van der Waals surface area contributed by atoms with E-state index in [1.165, 1.54) is 6.42 Å². The largest absolute Gasteiger partial charge is 0.314 e. The fraction of sp³-hybridized carbons (Fsp3) is 0.727. The molecule has 0 spiro atoms. The summed E-state index contributed by atoms with van der Waals surface area (Å²) in [5.74, 6) is 2.91. The van der Waals surface area contributed by atoms with Gasteiger partial charge in [-0.15, -0.1) is 12.3 Å². The van der Waals surface area contributed by atoms with Crippen LogP contribution in [0.25, 0.3) is 0 Å². The van der Waals surface area contributed by atoms with Crippen LogP contribution in [0, 0.1) is 12.3 Å². The fourth-order valence-electron chi connectivity index (χ4n) is 1.70. The Kier molecular flexibility index (Phi) is 4.56. The fourth-order valence-corrected chi connectivity index (χ4v) is 1.70. The summed E-state index contributed by atoms with van der Waals surface area (Å²) in [6.07, 6.45) is 10.4. The first-order chi connectivity index (χ1) is 6.33. The third-order valence-electron chi connectivity index (χ3n) is 2.41. The molecule has 13 heavy (non-hydrogen) atoms. The van der Waals surface area contributed by atoms with Crippen molar-refractivity contribution in [1.82, 2.24) is 5.32 Å². The molecule has 0 radical (unpaired) electrons. The maximum atomic E-state index is 11.4. The first-order valence-corrected chi connectivity index (χ1v) is 5.01. The second-order valence-corrected chi connectivity index (χ2v) is 3.59. The van der Waals surface area contributed by atoms with E-state index >= 15 is 0 Å². The van der Waals surface area contributed by atoms with E-state index in [1.54, 1.807) is 0 Å². The van der Waals surface area contributed by atoms with Crippen molar-refractivity contribution >= 4 is 5.78 Å². The number of unbranched alkanes of at least 4 members (excludes halogenated alkanes) is 1. The molecule has 0 bridgehead atoms. The lowest BCUT2D eigenvalue weighted by Gasteiger charge is -2.07. The lowest BCUT2D eigenvalue weighted by Crippen LogP contribution is -2.24. The molecule has 1 unspecified atom stereocenters. The predicted molar refractivity (Wildman–Crippen MR) is 53.3 cm³/mol. The predicted octanol–water partition coefficient (Wildman–Crippen LogP) is 1.50. The minimum Gasteiger partial charge on any atom is -0.314 e. The van der Waals surface area contributed by atoms with Gasteiger partial charge in [-0.05, 0) is 25.8 Å². The van der Waals surface area contributed by atoms with Crippen molar-refractivity contribution in [2.24, 2.45) is 0 Å². The van der Waals surface area contributed by atoms with E-state index in [0.29, 0.717) is 24.7 Å². The smallest absolute Gasteiger partial charge is 0.134 e. The van der Waals surface area contributed by atoms with Crippen LogP contribution in [0.3, 0.4) is 0 Å². The molecule has 1 rings (SSSR count). The van der Waals surface area contributed by atoms with E-state index in [4.69, 9.17) is 6.42 Å². The Hall–Kier alpha value is -0.810. The van der Waals surface area contributed by atoms with Crippen LogP contribution in [0.4, 0.5) is 0 Å². The van der Waals surface area contributed by atoms with Crippen molar-refractivity contribution in [3.8, 4) is 12.3 Å². The van der Waals surface area contributed by atoms with E-state index in [2.05, 4.69) is 11.2 Å². The number of carbonyl (C=O) groups is 1. The quantitative estimate of drug-likeness (QED) is 0.512. The molecule has 0 aromatic carbocycles. The van der Waals surface area contributed by atoms with Crippen molar-refractivity contribution in [2.75, 3.05) is 6.54 Å². The van der Waals surface area contributed by atoms with Crippen LogP contribution >= 0.6 is 0 Å². The van der Waals surface area contributed by atoms with E-state index < -0.39 is 0 Å². The van der Waals surface area contributed by atoms with Gasteiger partial charge in [0.2, 0.25) is 0 Å². The number of rotatable bonds is 5. The van der Waals surface area contributed by atoms with E-state index in [0.717, 1.165) is 25.8 Å². The maximum Gasteiger partial charge on any atom is 0.134 e. The highest BCUT2D eigenvalue weighted by Gasteiger charge is 2.16. The Morgan fingerprint density at radius 3 is 3.08 bits per heavy atom. The molecule has 1 aliphatic rings. The minimum atomic E-state index is 0.356. The standard InChI is InChI=1S/C11H17NO/c1-2-3-4-7-11(13)9-10-6-5-8-12-10/h1,10,12H,3-9H2. The number of carbonyl (C=O) groups excluding carboxylic acids is 1.